The van der Waals surface area contributed by atoms with Crippen molar-refractivity contribution in [3.8, 4) is 0 Å². The average Bonchev–Trinajstić information content (AvgIpc) is 3.45. The summed E-state index contributed by atoms with van der Waals surface area (Å²) >= 11 is 0. The zero-order valence-electron chi connectivity index (χ0n) is 14.4. The van der Waals surface area contributed by atoms with Gasteiger partial charge in [0.2, 0.25) is 0 Å². The first kappa shape index (κ1) is 17.2. The van der Waals surface area contributed by atoms with Crippen LogP contribution in [0.3, 0.4) is 0 Å². The number of hydrogen-bond donors (Lipinski definition) is 3. The summed E-state index contributed by atoms with van der Waals surface area (Å²) in [7, 11) is 0. The number of hydrogen-bond acceptors (Lipinski definition) is 2. The van der Waals surface area contributed by atoms with Gasteiger partial charge in [0.15, 0.2) is 6.54 Å². The molecular weight excluding hydrogens is 314 g/mol. The van der Waals surface area contributed by atoms with Crippen LogP contribution in [-0.4, -0.2) is 24.4 Å². The van der Waals surface area contributed by atoms with E-state index in [2.05, 4.69) is 29.7 Å². The molecule has 3 rings (SSSR count). The van der Waals surface area contributed by atoms with Gasteiger partial charge in [-0.05, 0) is 31.9 Å². The second kappa shape index (κ2) is 7.94. The second-order valence-electron chi connectivity index (χ2n) is 6.48. The van der Waals surface area contributed by atoms with Crippen molar-refractivity contribution in [2.24, 2.45) is 0 Å². The molecule has 0 bridgehead atoms. The summed E-state index contributed by atoms with van der Waals surface area (Å²) < 4.78 is 0. The average molecular weight is 338 g/mol. The predicted molar refractivity (Wildman–Crippen MR) is 97.2 cm³/mol. The van der Waals surface area contributed by atoms with E-state index in [1.165, 1.54) is 5.56 Å². The van der Waals surface area contributed by atoms with Crippen molar-refractivity contribution in [2.75, 3.05) is 11.9 Å². The lowest BCUT2D eigenvalue weighted by Crippen LogP contribution is -2.86. The standard InChI is InChI=1S/C20H23N3O2/c1-14(15-7-3-2-4-8-15)21-13-19(24)23-18-10-6-5-9-17(18)20(25)22-16-11-12-16/h2-10,14,16,21H,11-13H2,1H3,(H,22,25)(H,23,24)/p+1/t14-/m1/s1. The van der Waals surface area contributed by atoms with Crippen molar-refractivity contribution in [3.05, 3.63) is 65.7 Å². The van der Waals surface area contributed by atoms with Crippen LogP contribution < -0.4 is 16.0 Å². The summed E-state index contributed by atoms with van der Waals surface area (Å²) in [5.74, 6) is -0.241. The van der Waals surface area contributed by atoms with E-state index in [9.17, 15) is 9.59 Å². The predicted octanol–water partition coefficient (Wildman–Crippen LogP) is 1.84. The van der Waals surface area contributed by atoms with Crippen molar-refractivity contribution < 1.29 is 14.9 Å². The van der Waals surface area contributed by atoms with Crippen LogP contribution in [0.4, 0.5) is 5.69 Å². The molecule has 5 heteroatoms. The van der Waals surface area contributed by atoms with Crippen molar-refractivity contribution in [3.63, 3.8) is 0 Å². The normalized spacial score (nSPS) is 14.6. The lowest BCUT2D eigenvalue weighted by Gasteiger charge is -2.13. The first-order valence-corrected chi connectivity index (χ1v) is 8.71. The molecule has 0 unspecified atom stereocenters. The molecule has 0 aliphatic heterocycles. The zero-order chi connectivity index (χ0) is 17.6. The van der Waals surface area contributed by atoms with E-state index in [0.29, 0.717) is 17.8 Å². The Hall–Kier alpha value is -2.66. The molecule has 1 aliphatic rings. The first-order valence-electron chi connectivity index (χ1n) is 8.71. The summed E-state index contributed by atoms with van der Waals surface area (Å²) in [6.07, 6.45) is 2.07. The Morgan fingerprint density at radius 1 is 1.08 bits per heavy atom. The molecule has 2 aromatic carbocycles. The number of anilines is 1. The molecule has 2 aromatic rings. The molecule has 0 spiro atoms. The number of carbonyl (C=O) groups excluding carboxylic acids is 2. The van der Waals surface area contributed by atoms with Crippen molar-refractivity contribution >= 4 is 17.5 Å². The van der Waals surface area contributed by atoms with Crippen LogP contribution in [0.1, 0.15) is 41.7 Å². The molecule has 5 nitrogen and oxygen atoms in total. The largest absolute Gasteiger partial charge is 0.349 e. The van der Waals surface area contributed by atoms with E-state index >= 15 is 0 Å². The van der Waals surface area contributed by atoms with Gasteiger partial charge in [0, 0.05) is 11.6 Å². The Labute approximate surface area is 147 Å². The Balaban J connectivity index is 1.56. The van der Waals surface area contributed by atoms with E-state index < -0.39 is 0 Å². The summed E-state index contributed by atoms with van der Waals surface area (Å²) in [5, 5.41) is 7.80. The van der Waals surface area contributed by atoms with Crippen LogP contribution in [0.2, 0.25) is 0 Å². The van der Waals surface area contributed by atoms with Crippen LogP contribution >= 0.6 is 0 Å². The van der Waals surface area contributed by atoms with E-state index in [4.69, 9.17) is 0 Å². The highest BCUT2D eigenvalue weighted by Gasteiger charge is 2.25. The van der Waals surface area contributed by atoms with Crippen LogP contribution in [0.5, 0.6) is 0 Å². The van der Waals surface area contributed by atoms with Gasteiger partial charge in [0.05, 0.1) is 11.3 Å². The highest BCUT2D eigenvalue weighted by molar-refractivity contribution is 6.04. The number of amides is 2. The van der Waals surface area contributed by atoms with Crippen LogP contribution in [-0.2, 0) is 4.79 Å². The highest BCUT2D eigenvalue weighted by Crippen LogP contribution is 2.21. The van der Waals surface area contributed by atoms with E-state index in [1.54, 1.807) is 18.2 Å². The highest BCUT2D eigenvalue weighted by atomic mass is 16.2. The van der Waals surface area contributed by atoms with Crippen molar-refractivity contribution in [1.82, 2.24) is 5.32 Å². The quantitative estimate of drug-likeness (QED) is 0.721. The number of quaternary nitrogens is 1. The van der Waals surface area contributed by atoms with Gasteiger partial charge in [-0.25, -0.2) is 0 Å². The molecular formula is C20H24N3O2+. The minimum atomic E-state index is -0.125. The summed E-state index contributed by atoms with van der Waals surface area (Å²) in [5.41, 5.74) is 2.25. The molecule has 2 amide bonds. The SMILES string of the molecule is C[C@@H]([NH2+]CC(=O)Nc1ccccc1C(=O)NC1CC1)c1ccccc1. The monoisotopic (exact) mass is 338 g/mol. The Kier molecular flexibility index (Phi) is 5.46. The molecule has 1 saturated carbocycles. The smallest absolute Gasteiger partial charge is 0.279 e. The zero-order valence-corrected chi connectivity index (χ0v) is 14.4. The molecule has 1 aliphatic carbocycles. The van der Waals surface area contributed by atoms with E-state index in [0.717, 1.165) is 12.8 Å². The number of para-hydroxylation sites is 1. The Bertz CT molecular complexity index is 742. The molecule has 0 aromatic heterocycles. The van der Waals surface area contributed by atoms with Gasteiger partial charge in [-0.15, -0.1) is 0 Å². The topological polar surface area (TPSA) is 74.8 Å². The summed E-state index contributed by atoms with van der Waals surface area (Å²) in [6.45, 7) is 2.37. The maximum atomic E-state index is 12.3. The molecule has 25 heavy (non-hydrogen) atoms. The van der Waals surface area contributed by atoms with Crippen molar-refractivity contribution in [1.29, 1.82) is 0 Å². The molecule has 0 saturated heterocycles. The molecule has 1 atom stereocenters. The Morgan fingerprint density at radius 3 is 2.48 bits per heavy atom. The van der Waals surface area contributed by atoms with Crippen molar-refractivity contribution in [2.45, 2.75) is 31.8 Å². The fourth-order valence-corrected chi connectivity index (χ4v) is 2.66. The third kappa shape index (κ3) is 4.90. The number of benzene rings is 2. The van der Waals surface area contributed by atoms with Crippen LogP contribution in [0.15, 0.2) is 54.6 Å². The number of nitrogens with one attached hydrogen (secondary N) is 2. The van der Waals surface area contributed by atoms with Gasteiger partial charge in [0.1, 0.15) is 6.04 Å². The lowest BCUT2D eigenvalue weighted by molar-refractivity contribution is -0.682. The molecule has 1 fully saturated rings. The van der Waals surface area contributed by atoms with E-state index in [-0.39, 0.29) is 23.9 Å². The minimum absolute atomic E-state index is 0.116. The number of nitrogens with two attached hydrogens (primary N) is 1. The number of carbonyl (C=O) groups is 2. The van der Waals surface area contributed by atoms with Gasteiger partial charge in [-0.1, -0.05) is 42.5 Å². The first-order chi connectivity index (χ1) is 12.1. The summed E-state index contributed by atoms with van der Waals surface area (Å²) in [6, 6.07) is 17.7. The number of rotatable bonds is 7. The maximum Gasteiger partial charge on any atom is 0.279 e. The second-order valence-corrected chi connectivity index (χ2v) is 6.48. The maximum absolute atomic E-state index is 12.3. The van der Waals surface area contributed by atoms with Gasteiger partial charge in [0.25, 0.3) is 11.8 Å². The Morgan fingerprint density at radius 2 is 1.76 bits per heavy atom. The molecule has 0 radical (unpaired) electrons. The van der Waals surface area contributed by atoms with Gasteiger partial charge in [-0.2, -0.15) is 0 Å². The molecule has 4 N–H and O–H groups in total. The van der Waals surface area contributed by atoms with Gasteiger partial charge >= 0.3 is 0 Å². The molecule has 130 valence electrons. The van der Waals surface area contributed by atoms with Gasteiger partial charge < -0.3 is 16.0 Å². The lowest BCUT2D eigenvalue weighted by atomic mass is 10.1. The third-order valence-corrected chi connectivity index (χ3v) is 4.34. The fraction of sp³-hybridized carbons (Fsp3) is 0.300. The molecule has 0 heterocycles. The summed E-state index contributed by atoms with van der Waals surface area (Å²) in [4.78, 5) is 24.6. The van der Waals surface area contributed by atoms with Gasteiger partial charge in [-0.3, -0.25) is 9.59 Å². The van der Waals surface area contributed by atoms with Crippen LogP contribution in [0, 0.1) is 0 Å². The minimum Gasteiger partial charge on any atom is -0.349 e. The van der Waals surface area contributed by atoms with E-state index in [1.807, 2.05) is 29.6 Å². The van der Waals surface area contributed by atoms with Crippen LogP contribution in [0.25, 0.3) is 0 Å². The third-order valence-electron chi connectivity index (χ3n) is 4.34. The fourth-order valence-electron chi connectivity index (χ4n) is 2.66.